The molecule has 2 aromatic rings. The summed E-state index contributed by atoms with van der Waals surface area (Å²) in [6.45, 7) is 3.36. The normalized spacial score (nSPS) is 25.7. The molecule has 2 aromatic heterocycles. The minimum absolute atomic E-state index is 0.0445. The molecule has 1 aliphatic heterocycles. The monoisotopic (exact) mass is 455 g/mol. The molecule has 1 atom stereocenters. The molecule has 5 rings (SSSR count). The van der Waals surface area contributed by atoms with Gasteiger partial charge in [0.25, 0.3) is 5.91 Å². The summed E-state index contributed by atoms with van der Waals surface area (Å²) in [5.74, 6) is 0.380. The van der Waals surface area contributed by atoms with Crippen LogP contribution in [0.5, 0.6) is 0 Å². The van der Waals surface area contributed by atoms with E-state index in [1.807, 2.05) is 11.0 Å². The van der Waals surface area contributed by atoms with Crippen LogP contribution in [0.3, 0.4) is 0 Å². The Hall–Kier alpha value is -1.82. The zero-order valence-electron chi connectivity index (χ0n) is 19.4. The lowest BCUT2D eigenvalue weighted by atomic mass is 9.71. The van der Waals surface area contributed by atoms with Gasteiger partial charge < -0.3 is 14.8 Å². The summed E-state index contributed by atoms with van der Waals surface area (Å²) in [5.41, 5.74) is 1.09. The van der Waals surface area contributed by atoms with Crippen molar-refractivity contribution in [2.75, 3.05) is 6.54 Å². The Bertz CT molecular complexity index is 965. The van der Waals surface area contributed by atoms with Crippen LogP contribution < -0.4 is 5.32 Å². The Morgan fingerprint density at radius 1 is 1.09 bits per heavy atom. The Balaban J connectivity index is 1.58. The largest absolute Gasteiger partial charge is 0.351 e. The standard InChI is InChI=1S/C26H37N3O2S/c1-2-15-29-24(30)22-17-23-21(14-16-32-23)28(22)18-26(29,19-10-6-5-7-11-19)25(31)27-20-12-8-3-4-9-13-20/h14,16-17,19-20H,2-13,15,18H2,1H3,(H,27,31). The van der Waals surface area contributed by atoms with E-state index in [1.165, 1.54) is 32.1 Å². The molecule has 0 saturated heterocycles. The van der Waals surface area contributed by atoms with Crippen molar-refractivity contribution >= 4 is 33.4 Å². The quantitative estimate of drug-likeness (QED) is 0.586. The van der Waals surface area contributed by atoms with Gasteiger partial charge in [-0.25, -0.2) is 0 Å². The molecule has 0 spiro atoms. The number of carbonyl (C=O) groups is 2. The maximum absolute atomic E-state index is 14.3. The molecular weight excluding hydrogens is 418 g/mol. The number of hydrogen-bond acceptors (Lipinski definition) is 3. The predicted octanol–water partition coefficient (Wildman–Crippen LogP) is 5.73. The molecule has 6 heteroatoms. The van der Waals surface area contributed by atoms with Crippen LogP contribution in [0.4, 0.5) is 0 Å². The van der Waals surface area contributed by atoms with Gasteiger partial charge in [-0.2, -0.15) is 0 Å². The topological polar surface area (TPSA) is 54.3 Å². The summed E-state index contributed by atoms with van der Waals surface area (Å²) in [7, 11) is 0. The molecule has 0 aromatic carbocycles. The SMILES string of the molecule is CCCN1C(=O)c2cc3sccc3n2CC1(C(=O)NC1CCCCCC1)C1CCCCC1. The fourth-order valence-corrected chi connectivity index (χ4v) is 7.36. The van der Waals surface area contributed by atoms with Crippen LogP contribution in [-0.4, -0.2) is 39.4 Å². The highest BCUT2D eigenvalue weighted by molar-refractivity contribution is 7.17. The molecule has 2 saturated carbocycles. The first-order valence-electron chi connectivity index (χ1n) is 12.8. The van der Waals surface area contributed by atoms with Crippen molar-refractivity contribution in [1.82, 2.24) is 14.8 Å². The number of fused-ring (bicyclic) bond motifs is 3. The van der Waals surface area contributed by atoms with Crippen molar-refractivity contribution in [1.29, 1.82) is 0 Å². The molecule has 3 heterocycles. The summed E-state index contributed by atoms with van der Waals surface area (Å²) >= 11 is 1.68. The summed E-state index contributed by atoms with van der Waals surface area (Å²) in [6.07, 6.45) is 13.5. The summed E-state index contributed by atoms with van der Waals surface area (Å²) in [6, 6.07) is 4.40. The van der Waals surface area contributed by atoms with Gasteiger partial charge in [0.15, 0.2) is 0 Å². The average Bonchev–Trinajstić information content (AvgIpc) is 3.30. The molecular formula is C26H37N3O2S. The second-order valence-corrected chi connectivity index (χ2v) is 11.1. The third kappa shape index (κ3) is 3.68. The third-order valence-electron chi connectivity index (χ3n) is 8.18. The number of hydrogen-bond donors (Lipinski definition) is 1. The highest BCUT2D eigenvalue weighted by atomic mass is 32.1. The van der Waals surface area contributed by atoms with Gasteiger partial charge >= 0.3 is 0 Å². The van der Waals surface area contributed by atoms with Crippen molar-refractivity contribution in [3.8, 4) is 0 Å². The summed E-state index contributed by atoms with van der Waals surface area (Å²) in [4.78, 5) is 30.2. The summed E-state index contributed by atoms with van der Waals surface area (Å²) < 4.78 is 3.31. The third-order valence-corrected chi connectivity index (χ3v) is 9.03. The van der Waals surface area contributed by atoms with E-state index < -0.39 is 5.54 Å². The van der Waals surface area contributed by atoms with Crippen molar-refractivity contribution in [2.45, 2.75) is 102 Å². The second kappa shape index (κ2) is 9.20. The van der Waals surface area contributed by atoms with Crippen molar-refractivity contribution in [3.05, 3.63) is 23.2 Å². The molecule has 0 bridgehead atoms. The number of carbonyl (C=O) groups excluding carboxylic acids is 2. The van der Waals surface area contributed by atoms with Crippen LogP contribution >= 0.6 is 11.3 Å². The molecule has 2 amide bonds. The van der Waals surface area contributed by atoms with Crippen molar-refractivity contribution in [2.24, 2.45) is 5.92 Å². The van der Waals surface area contributed by atoms with E-state index in [0.717, 1.165) is 60.9 Å². The van der Waals surface area contributed by atoms with E-state index >= 15 is 0 Å². The fourth-order valence-electron chi connectivity index (χ4n) is 6.54. The molecule has 2 aliphatic carbocycles. The molecule has 32 heavy (non-hydrogen) atoms. The molecule has 1 N–H and O–H groups in total. The van der Waals surface area contributed by atoms with Crippen LogP contribution in [0.2, 0.25) is 0 Å². The Kier molecular flexibility index (Phi) is 6.33. The molecule has 3 aliphatic rings. The maximum atomic E-state index is 14.3. The number of thiophene rings is 1. The Morgan fingerprint density at radius 3 is 2.50 bits per heavy atom. The van der Waals surface area contributed by atoms with Gasteiger partial charge in [-0.3, -0.25) is 9.59 Å². The Morgan fingerprint density at radius 2 is 1.78 bits per heavy atom. The van der Waals surface area contributed by atoms with Gasteiger partial charge in [0, 0.05) is 12.6 Å². The predicted molar refractivity (Wildman–Crippen MR) is 130 cm³/mol. The molecule has 5 nitrogen and oxygen atoms in total. The van der Waals surface area contributed by atoms with E-state index in [0.29, 0.717) is 13.1 Å². The van der Waals surface area contributed by atoms with E-state index in [2.05, 4.69) is 28.3 Å². The lowest BCUT2D eigenvalue weighted by Crippen LogP contribution is -2.70. The second-order valence-electron chi connectivity index (χ2n) is 10.2. The van der Waals surface area contributed by atoms with Crippen LogP contribution in [-0.2, 0) is 11.3 Å². The molecule has 2 fully saturated rings. The first-order valence-corrected chi connectivity index (χ1v) is 13.7. The van der Waals surface area contributed by atoms with Crippen LogP contribution in [0, 0.1) is 5.92 Å². The summed E-state index contributed by atoms with van der Waals surface area (Å²) in [5, 5.41) is 5.59. The first kappa shape index (κ1) is 22.0. The lowest BCUT2D eigenvalue weighted by Gasteiger charge is -2.51. The van der Waals surface area contributed by atoms with Gasteiger partial charge in [0.1, 0.15) is 11.2 Å². The smallest absolute Gasteiger partial charge is 0.271 e. The zero-order valence-corrected chi connectivity index (χ0v) is 20.2. The average molecular weight is 456 g/mol. The number of nitrogens with zero attached hydrogens (tertiary/aromatic N) is 2. The van der Waals surface area contributed by atoms with Crippen LogP contribution in [0.1, 0.15) is 94.5 Å². The number of rotatable bonds is 5. The molecule has 0 radical (unpaired) electrons. The Labute approximate surface area is 195 Å². The van der Waals surface area contributed by atoms with Gasteiger partial charge in [-0.05, 0) is 55.5 Å². The fraction of sp³-hybridized carbons (Fsp3) is 0.692. The first-order chi connectivity index (χ1) is 15.6. The molecule has 174 valence electrons. The van der Waals surface area contributed by atoms with Crippen LogP contribution in [0.25, 0.3) is 10.2 Å². The highest BCUT2D eigenvalue weighted by Gasteiger charge is 2.55. The van der Waals surface area contributed by atoms with E-state index in [4.69, 9.17) is 0 Å². The van der Waals surface area contributed by atoms with Crippen molar-refractivity contribution < 1.29 is 9.59 Å². The van der Waals surface area contributed by atoms with E-state index in [1.54, 1.807) is 11.3 Å². The van der Waals surface area contributed by atoms with Gasteiger partial charge in [-0.15, -0.1) is 11.3 Å². The lowest BCUT2D eigenvalue weighted by molar-refractivity contribution is -0.140. The van der Waals surface area contributed by atoms with Crippen LogP contribution in [0.15, 0.2) is 17.5 Å². The molecule has 1 unspecified atom stereocenters. The van der Waals surface area contributed by atoms with E-state index in [9.17, 15) is 9.59 Å². The minimum atomic E-state index is -0.777. The van der Waals surface area contributed by atoms with Gasteiger partial charge in [0.2, 0.25) is 5.91 Å². The number of amides is 2. The maximum Gasteiger partial charge on any atom is 0.271 e. The van der Waals surface area contributed by atoms with E-state index in [-0.39, 0.29) is 23.8 Å². The number of nitrogens with one attached hydrogen (secondary N) is 1. The van der Waals surface area contributed by atoms with Crippen molar-refractivity contribution in [3.63, 3.8) is 0 Å². The highest BCUT2D eigenvalue weighted by Crippen LogP contribution is 2.43. The van der Waals surface area contributed by atoms with Gasteiger partial charge in [0.05, 0.1) is 16.8 Å². The van der Waals surface area contributed by atoms with Gasteiger partial charge in [-0.1, -0.05) is 51.9 Å². The minimum Gasteiger partial charge on any atom is -0.351 e. The zero-order chi connectivity index (χ0) is 22.1. The number of aromatic nitrogens is 1.